The van der Waals surface area contributed by atoms with Crippen LogP contribution < -0.4 is 5.32 Å². The maximum atomic E-state index is 11.5. The third kappa shape index (κ3) is 4.87. The Kier molecular flexibility index (Phi) is 5.49. The molecule has 1 unspecified atom stereocenters. The molecular weight excluding hydrogens is 242 g/mol. The van der Waals surface area contributed by atoms with Gasteiger partial charge in [0.1, 0.15) is 5.38 Å². The summed E-state index contributed by atoms with van der Waals surface area (Å²) in [6, 6.07) is 9.33. The zero-order chi connectivity index (χ0) is 12.7. The largest absolute Gasteiger partial charge is 0.468 e. The number of rotatable bonds is 5. The van der Waals surface area contributed by atoms with E-state index in [2.05, 4.69) is 10.1 Å². The van der Waals surface area contributed by atoms with Crippen molar-refractivity contribution in [2.45, 2.75) is 11.8 Å². The van der Waals surface area contributed by atoms with Gasteiger partial charge >= 0.3 is 5.97 Å². The minimum atomic E-state index is -0.847. The van der Waals surface area contributed by atoms with Crippen LogP contribution in [-0.4, -0.2) is 30.9 Å². The van der Waals surface area contributed by atoms with Crippen molar-refractivity contribution in [1.82, 2.24) is 5.32 Å². The molecule has 0 aromatic heterocycles. The van der Waals surface area contributed by atoms with Crippen molar-refractivity contribution in [3.8, 4) is 0 Å². The van der Waals surface area contributed by atoms with Crippen LogP contribution in [0.3, 0.4) is 0 Å². The third-order valence-electron chi connectivity index (χ3n) is 2.14. The van der Waals surface area contributed by atoms with Gasteiger partial charge in [-0.3, -0.25) is 9.59 Å². The van der Waals surface area contributed by atoms with Gasteiger partial charge in [0.25, 0.3) is 0 Å². The summed E-state index contributed by atoms with van der Waals surface area (Å²) in [5, 5.41) is 1.73. The zero-order valence-corrected chi connectivity index (χ0v) is 10.2. The third-order valence-corrected chi connectivity index (χ3v) is 2.48. The van der Waals surface area contributed by atoms with Crippen molar-refractivity contribution in [2.24, 2.45) is 0 Å². The van der Waals surface area contributed by atoms with Gasteiger partial charge in [-0.2, -0.15) is 0 Å². The average molecular weight is 256 g/mol. The number of carbonyl (C=O) groups is 2. The molecule has 0 aliphatic heterocycles. The fraction of sp³-hybridized carbons (Fsp3) is 0.333. The van der Waals surface area contributed by atoms with Gasteiger partial charge in [0.05, 0.1) is 13.5 Å². The number of esters is 1. The molecule has 1 aromatic rings. The lowest BCUT2D eigenvalue weighted by Gasteiger charge is -2.08. The fourth-order valence-corrected chi connectivity index (χ4v) is 1.42. The number of nitrogens with one attached hydrogen (secondary N) is 1. The van der Waals surface area contributed by atoms with Crippen LogP contribution in [0.5, 0.6) is 0 Å². The standard InChI is InChI=1S/C12H14ClNO3/c1-17-12(16)10(13)8-14-11(15)7-9-5-3-2-4-6-9/h2-6,10H,7-8H2,1H3,(H,14,15). The van der Waals surface area contributed by atoms with Gasteiger partial charge in [-0.1, -0.05) is 30.3 Å². The molecule has 0 spiro atoms. The molecule has 0 heterocycles. The van der Waals surface area contributed by atoms with E-state index in [0.29, 0.717) is 0 Å². The molecule has 0 bridgehead atoms. The summed E-state index contributed by atoms with van der Waals surface area (Å²) in [4.78, 5) is 22.5. The van der Waals surface area contributed by atoms with Crippen LogP contribution in [0, 0.1) is 0 Å². The Hall–Kier alpha value is -1.55. The number of halogens is 1. The summed E-state index contributed by atoms with van der Waals surface area (Å²) >= 11 is 5.69. The van der Waals surface area contributed by atoms with Crippen LogP contribution in [-0.2, 0) is 20.7 Å². The smallest absolute Gasteiger partial charge is 0.325 e. The molecule has 0 aliphatic carbocycles. The van der Waals surface area contributed by atoms with Crippen molar-refractivity contribution in [3.63, 3.8) is 0 Å². The highest BCUT2D eigenvalue weighted by molar-refractivity contribution is 6.30. The normalized spacial score (nSPS) is 11.6. The van der Waals surface area contributed by atoms with E-state index in [1.807, 2.05) is 30.3 Å². The summed E-state index contributed by atoms with van der Waals surface area (Å²) in [6.07, 6.45) is 0.269. The number of carbonyl (C=O) groups excluding carboxylic acids is 2. The first-order valence-electron chi connectivity index (χ1n) is 5.16. The predicted octanol–water partition coefficient (Wildman–Crippen LogP) is 1.13. The minimum Gasteiger partial charge on any atom is -0.468 e. The molecule has 0 radical (unpaired) electrons. The van der Waals surface area contributed by atoms with E-state index in [1.54, 1.807) is 0 Å². The molecule has 0 saturated carbocycles. The van der Waals surface area contributed by atoms with Gasteiger partial charge in [0.15, 0.2) is 0 Å². The molecule has 0 fully saturated rings. The predicted molar refractivity (Wildman–Crippen MR) is 64.8 cm³/mol. The first-order chi connectivity index (χ1) is 8.13. The van der Waals surface area contributed by atoms with Crippen LogP contribution in [0.25, 0.3) is 0 Å². The Labute approximate surface area is 105 Å². The number of benzene rings is 1. The molecule has 0 saturated heterocycles. The first kappa shape index (κ1) is 13.5. The average Bonchev–Trinajstić information content (AvgIpc) is 2.36. The molecule has 1 aromatic carbocycles. The molecule has 1 amide bonds. The lowest BCUT2D eigenvalue weighted by molar-refractivity contribution is -0.140. The molecular formula is C12H14ClNO3. The summed E-state index contributed by atoms with van der Waals surface area (Å²) < 4.78 is 4.44. The topological polar surface area (TPSA) is 55.4 Å². The number of hydrogen-bond acceptors (Lipinski definition) is 3. The molecule has 0 aliphatic rings. The van der Waals surface area contributed by atoms with Crippen molar-refractivity contribution < 1.29 is 14.3 Å². The molecule has 1 rings (SSSR count). The maximum Gasteiger partial charge on any atom is 0.325 e. The molecule has 1 N–H and O–H groups in total. The summed E-state index contributed by atoms with van der Waals surface area (Å²) in [6.45, 7) is 0.0693. The Morgan fingerprint density at radius 2 is 2.00 bits per heavy atom. The number of alkyl halides is 1. The first-order valence-corrected chi connectivity index (χ1v) is 5.59. The second kappa shape index (κ2) is 6.91. The van der Waals surface area contributed by atoms with Crippen molar-refractivity contribution in [1.29, 1.82) is 0 Å². The zero-order valence-electron chi connectivity index (χ0n) is 9.48. The molecule has 5 heteroatoms. The van der Waals surface area contributed by atoms with Crippen LogP contribution in [0.15, 0.2) is 30.3 Å². The summed E-state index contributed by atoms with van der Waals surface area (Å²) in [5.41, 5.74) is 0.911. The van der Waals surface area contributed by atoms with Crippen LogP contribution in [0.2, 0.25) is 0 Å². The highest BCUT2D eigenvalue weighted by Crippen LogP contribution is 2.00. The van der Waals surface area contributed by atoms with Crippen LogP contribution in [0.4, 0.5) is 0 Å². The quantitative estimate of drug-likeness (QED) is 0.634. The Balaban J connectivity index is 2.33. The van der Waals surface area contributed by atoms with Gasteiger partial charge in [0, 0.05) is 6.54 Å². The van der Waals surface area contributed by atoms with E-state index in [0.717, 1.165) is 5.56 Å². The molecule has 4 nitrogen and oxygen atoms in total. The van der Waals surface area contributed by atoms with Crippen molar-refractivity contribution in [3.05, 3.63) is 35.9 Å². The maximum absolute atomic E-state index is 11.5. The van der Waals surface area contributed by atoms with Crippen LogP contribution >= 0.6 is 11.6 Å². The molecule has 1 atom stereocenters. The van der Waals surface area contributed by atoms with E-state index in [-0.39, 0.29) is 18.9 Å². The van der Waals surface area contributed by atoms with E-state index >= 15 is 0 Å². The second-order valence-corrected chi connectivity index (χ2v) is 3.98. The number of amides is 1. The molecule has 17 heavy (non-hydrogen) atoms. The number of hydrogen-bond donors (Lipinski definition) is 1. The lowest BCUT2D eigenvalue weighted by Crippen LogP contribution is -2.35. The van der Waals surface area contributed by atoms with E-state index < -0.39 is 11.3 Å². The fourth-order valence-electron chi connectivity index (χ4n) is 1.26. The van der Waals surface area contributed by atoms with E-state index in [1.165, 1.54) is 7.11 Å². The van der Waals surface area contributed by atoms with Gasteiger partial charge in [-0.25, -0.2) is 0 Å². The van der Waals surface area contributed by atoms with Crippen molar-refractivity contribution >= 4 is 23.5 Å². The SMILES string of the molecule is COC(=O)C(Cl)CNC(=O)Cc1ccccc1. The Morgan fingerprint density at radius 3 is 2.59 bits per heavy atom. The van der Waals surface area contributed by atoms with Crippen molar-refractivity contribution in [2.75, 3.05) is 13.7 Å². The molecule has 92 valence electrons. The Bertz CT molecular complexity index is 381. The summed E-state index contributed by atoms with van der Waals surface area (Å²) in [5.74, 6) is -0.725. The highest BCUT2D eigenvalue weighted by Gasteiger charge is 2.16. The van der Waals surface area contributed by atoms with Gasteiger partial charge in [0.2, 0.25) is 5.91 Å². The van der Waals surface area contributed by atoms with E-state index in [4.69, 9.17) is 11.6 Å². The number of ether oxygens (including phenoxy) is 1. The second-order valence-electron chi connectivity index (χ2n) is 3.46. The van der Waals surface area contributed by atoms with Gasteiger partial charge in [-0.05, 0) is 5.56 Å². The Morgan fingerprint density at radius 1 is 1.35 bits per heavy atom. The van der Waals surface area contributed by atoms with Crippen LogP contribution in [0.1, 0.15) is 5.56 Å². The van der Waals surface area contributed by atoms with Gasteiger partial charge < -0.3 is 10.1 Å². The summed E-state index contributed by atoms with van der Waals surface area (Å²) in [7, 11) is 1.25. The lowest BCUT2D eigenvalue weighted by atomic mass is 10.1. The minimum absolute atomic E-state index is 0.0693. The van der Waals surface area contributed by atoms with Gasteiger partial charge in [-0.15, -0.1) is 11.6 Å². The van der Waals surface area contributed by atoms with E-state index in [9.17, 15) is 9.59 Å². The number of methoxy groups -OCH3 is 1. The highest BCUT2D eigenvalue weighted by atomic mass is 35.5. The monoisotopic (exact) mass is 255 g/mol.